The molecule has 1 amide bonds. The molecule has 5 rings (SSSR count). The number of nitrogens with zero attached hydrogens (tertiary/aromatic N) is 5. The van der Waals surface area contributed by atoms with Crippen LogP contribution in [0, 0.1) is 18.3 Å². The van der Waals surface area contributed by atoms with Crippen molar-refractivity contribution in [1.29, 1.82) is 5.26 Å². The van der Waals surface area contributed by atoms with Crippen LogP contribution >= 0.6 is 0 Å². The molecule has 0 fully saturated rings. The number of nitriles is 1. The van der Waals surface area contributed by atoms with Crippen molar-refractivity contribution in [1.82, 2.24) is 25.1 Å². The fourth-order valence-electron chi connectivity index (χ4n) is 3.76. The third-order valence-corrected chi connectivity index (χ3v) is 5.48. The van der Waals surface area contributed by atoms with Crippen LogP contribution < -0.4 is 5.32 Å². The average Bonchev–Trinajstić information content (AvgIpc) is 3.27. The largest absolute Gasteiger partial charge is 0.375 e. The van der Waals surface area contributed by atoms with Gasteiger partial charge in [-0.1, -0.05) is 6.07 Å². The quantitative estimate of drug-likeness (QED) is 0.539. The number of hydrogen-bond donors (Lipinski definition) is 1. The van der Waals surface area contributed by atoms with Crippen LogP contribution in [-0.2, 0) is 17.9 Å². The molecule has 1 N–H and O–H groups in total. The Bertz CT molecular complexity index is 1370. The molecular weight excluding hydrogens is 404 g/mol. The van der Waals surface area contributed by atoms with Crippen LogP contribution in [0.3, 0.4) is 0 Å². The van der Waals surface area contributed by atoms with Crippen molar-refractivity contribution in [3.63, 3.8) is 0 Å². The maximum atomic E-state index is 12.7. The Hall–Kier alpha value is -4.09. The standard InChI is InChI=1S/C24H20N6O2/c1-15-6-7-30(29-15)23-5-4-17-11-26-20(9-22(17)28-23)12-27-24(31)16-2-3-18-13-32-14-19(10-25)21(18)8-16/h2-9,11,19H,12-14H2,1H3,(H,27,31)/t19-/m1/s1. The second-order valence-corrected chi connectivity index (χ2v) is 7.73. The van der Waals surface area contributed by atoms with E-state index in [1.165, 1.54) is 0 Å². The van der Waals surface area contributed by atoms with Gasteiger partial charge < -0.3 is 10.1 Å². The van der Waals surface area contributed by atoms with Gasteiger partial charge >= 0.3 is 0 Å². The van der Waals surface area contributed by atoms with E-state index < -0.39 is 0 Å². The highest BCUT2D eigenvalue weighted by Crippen LogP contribution is 2.27. The maximum Gasteiger partial charge on any atom is 0.251 e. The molecule has 0 saturated carbocycles. The first-order valence-corrected chi connectivity index (χ1v) is 10.3. The fourth-order valence-corrected chi connectivity index (χ4v) is 3.76. The van der Waals surface area contributed by atoms with E-state index in [1.807, 2.05) is 43.5 Å². The first kappa shape index (κ1) is 19.8. The summed E-state index contributed by atoms with van der Waals surface area (Å²) in [5.41, 5.74) is 4.72. The summed E-state index contributed by atoms with van der Waals surface area (Å²) in [6.45, 7) is 3.01. The van der Waals surface area contributed by atoms with Crippen molar-refractivity contribution in [3.05, 3.63) is 82.9 Å². The number of amides is 1. The van der Waals surface area contributed by atoms with Crippen molar-refractivity contribution in [2.45, 2.75) is 26.0 Å². The minimum absolute atomic E-state index is 0.216. The Morgan fingerprint density at radius 1 is 1.28 bits per heavy atom. The molecule has 0 bridgehead atoms. The lowest BCUT2D eigenvalue weighted by Gasteiger charge is -2.21. The number of fused-ring (bicyclic) bond motifs is 2. The SMILES string of the molecule is Cc1ccn(-c2ccc3cnc(CNC(=O)c4ccc5c(c4)[C@H](C#N)COC5)cc3n2)n1. The van der Waals surface area contributed by atoms with Crippen LogP contribution in [0.2, 0.25) is 0 Å². The third-order valence-electron chi connectivity index (χ3n) is 5.48. The molecule has 1 aromatic carbocycles. The van der Waals surface area contributed by atoms with Crippen molar-refractivity contribution < 1.29 is 9.53 Å². The van der Waals surface area contributed by atoms with E-state index in [1.54, 1.807) is 23.0 Å². The van der Waals surface area contributed by atoms with Gasteiger partial charge in [0, 0.05) is 23.3 Å². The van der Waals surface area contributed by atoms with E-state index in [4.69, 9.17) is 4.74 Å². The highest BCUT2D eigenvalue weighted by atomic mass is 16.5. The van der Waals surface area contributed by atoms with E-state index in [9.17, 15) is 10.1 Å². The summed E-state index contributed by atoms with van der Waals surface area (Å²) in [5, 5.41) is 17.6. The predicted molar refractivity (Wildman–Crippen MR) is 117 cm³/mol. The van der Waals surface area contributed by atoms with Gasteiger partial charge in [-0.25, -0.2) is 9.67 Å². The molecule has 1 aliphatic rings. The summed E-state index contributed by atoms with van der Waals surface area (Å²) < 4.78 is 7.16. The highest BCUT2D eigenvalue weighted by Gasteiger charge is 2.22. The lowest BCUT2D eigenvalue weighted by molar-refractivity contribution is 0.0945. The summed E-state index contributed by atoms with van der Waals surface area (Å²) in [4.78, 5) is 21.8. The van der Waals surface area contributed by atoms with Crippen LogP contribution in [0.1, 0.15) is 38.8 Å². The van der Waals surface area contributed by atoms with Crippen molar-refractivity contribution in [2.75, 3.05) is 6.61 Å². The average molecular weight is 424 g/mol. The van der Waals surface area contributed by atoms with Crippen molar-refractivity contribution >= 4 is 16.8 Å². The Balaban J connectivity index is 1.33. The first-order valence-electron chi connectivity index (χ1n) is 10.3. The summed E-state index contributed by atoms with van der Waals surface area (Å²) >= 11 is 0. The molecular formula is C24H20N6O2. The molecule has 8 heteroatoms. The van der Waals surface area contributed by atoms with Crippen molar-refractivity contribution in [2.24, 2.45) is 0 Å². The number of hydrogen-bond acceptors (Lipinski definition) is 6. The van der Waals surface area contributed by atoms with Gasteiger partial charge in [0.05, 0.1) is 48.7 Å². The lowest BCUT2D eigenvalue weighted by atomic mass is 9.92. The number of benzene rings is 1. The maximum absolute atomic E-state index is 12.7. The summed E-state index contributed by atoms with van der Waals surface area (Å²) in [5.74, 6) is 0.149. The Labute approximate surface area is 184 Å². The first-order chi connectivity index (χ1) is 15.6. The number of pyridine rings is 2. The van der Waals surface area contributed by atoms with Crippen LogP contribution in [0.5, 0.6) is 0 Å². The van der Waals surface area contributed by atoms with Crippen LogP contribution in [-0.4, -0.2) is 32.3 Å². The summed E-state index contributed by atoms with van der Waals surface area (Å²) in [6.07, 6.45) is 3.62. The molecule has 32 heavy (non-hydrogen) atoms. The van der Waals surface area contributed by atoms with E-state index in [2.05, 4.69) is 26.5 Å². The summed E-state index contributed by atoms with van der Waals surface area (Å²) in [7, 11) is 0. The molecule has 0 unspecified atom stereocenters. The lowest BCUT2D eigenvalue weighted by Crippen LogP contribution is -2.24. The molecule has 1 atom stereocenters. The van der Waals surface area contributed by atoms with Gasteiger partial charge in [-0.2, -0.15) is 10.4 Å². The topological polar surface area (TPSA) is 106 Å². The molecule has 4 aromatic rings. The monoisotopic (exact) mass is 424 g/mol. The molecule has 0 spiro atoms. The van der Waals surface area contributed by atoms with Gasteiger partial charge in [-0.15, -0.1) is 0 Å². The van der Waals surface area contributed by atoms with Crippen LogP contribution in [0.4, 0.5) is 0 Å². The Morgan fingerprint density at radius 2 is 2.19 bits per heavy atom. The number of aryl methyl sites for hydroxylation is 1. The molecule has 158 valence electrons. The normalized spacial score (nSPS) is 15.2. The zero-order chi connectivity index (χ0) is 22.1. The predicted octanol–water partition coefficient (Wildman–Crippen LogP) is 3.19. The van der Waals surface area contributed by atoms with Gasteiger partial charge in [-0.05, 0) is 54.4 Å². The number of carbonyl (C=O) groups is 1. The van der Waals surface area contributed by atoms with E-state index in [0.717, 1.165) is 33.5 Å². The molecule has 0 radical (unpaired) electrons. The molecule has 0 saturated heterocycles. The minimum Gasteiger partial charge on any atom is -0.375 e. The minimum atomic E-state index is -0.354. The number of ether oxygens (including phenoxy) is 1. The fraction of sp³-hybridized carbons (Fsp3) is 0.208. The number of nitrogens with one attached hydrogen (secondary N) is 1. The molecule has 4 heterocycles. The molecule has 0 aliphatic carbocycles. The molecule has 3 aromatic heterocycles. The van der Waals surface area contributed by atoms with Gasteiger partial charge in [0.25, 0.3) is 5.91 Å². The van der Waals surface area contributed by atoms with E-state index in [0.29, 0.717) is 24.5 Å². The van der Waals surface area contributed by atoms with E-state index >= 15 is 0 Å². The van der Waals surface area contributed by atoms with Gasteiger partial charge in [0.2, 0.25) is 0 Å². The number of rotatable bonds is 4. The van der Waals surface area contributed by atoms with Crippen LogP contribution in [0.15, 0.2) is 54.9 Å². The van der Waals surface area contributed by atoms with Gasteiger partial charge in [0.15, 0.2) is 5.82 Å². The Morgan fingerprint density at radius 3 is 3.00 bits per heavy atom. The van der Waals surface area contributed by atoms with Crippen molar-refractivity contribution in [3.8, 4) is 11.9 Å². The van der Waals surface area contributed by atoms with E-state index in [-0.39, 0.29) is 18.4 Å². The number of aromatic nitrogens is 4. The zero-order valence-electron chi connectivity index (χ0n) is 17.4. The second kappa shape index (κ2) is 8.21. The molecule has 8 nitrogen and oxygen atoms in total. The number of carbonyl (C=O) groups excluding carboxylic acids is 1. The van der Waals surface area contributed by atoms with Gasteiger partial charge in [0.1, 0.15) is 0 Å². The van der Waals surface area contributed by atoms with Crippen LogP contribution in [0.25, 0.3) is 16.7 Å². The smallest absolute Gasteiger partial charge is 0.251 e. The third kappa shape index (κ3) is 3.82. The highest BCUT2D eigenvalue weighted by molar-refractivity contribution is 5.94. The second-order valence-electron chi connectivity index (χ2n) is 7.73. The Kier molecular flexibility index (Phi) is 5.09. The van der Waals surface area contributed by atoms with Gasteiger partial charge in [-0.3, -0.25) is 9.78 Å². The zero-order valence-corrected chi connectivity index (χ0v) is 17.4. The summed E-state index contributed by atoms with van der Waals surface area (Å²) in [6, 6.07) is 15.3. The molecule has 1 aliphatic heterocycles.